The Hall–Kier alpha value is -2.24. The van der Waals surface area contributed by atoms with Crippen molar-refractivity contribution in [1.82, 2.24) is 5.32 Å². The summed E-state index contributed by atoms with van der Waals surface area (Å²) in [6.07, 6.45) is 0.592. The number of benzene rings is 2. The Morgan fingerprint density at radius 2 is 1.85 bits per heavy atom. The lowest BCUT2D eigenvalue weighted by molar-refractivity contribution is -0.147. The third-order valence-electron chi connectivity index (χ3n) is 3.62. The van der Waals surface area contributed by atoms with E-state index in [0.717, 1.165) is 11.3 Å². The van der Waals surface area contributed by atoms with Crippen LogP contribution in [0.4, 0.5) is 0 Å². The molecule has 0 fully saturated rings. The van der Waals surface area contributed by atoms with Gasteiger partial charge in [0.15, 0.2) is 6.61 Å². The van der Waals surface area contributed by atoms with Gasteiger partial charge in [0.2, 0.25) is 0 Å². The normalized spacial score (nSPS) is 10.3. The summed E-state index contributed by atoms with van der Waals surface area (Å²) in [5, 5.41) is 3.58. The molecule has 7 heteroatoms. The predicted molar refractivity (Wildman–Crippen MR) is 101 cm³/mol. The zero-order valence-corrected chi connectivity index (χ0v) is 15.8. The van der Waals surface area contributed by atoms with Crippen molar-refractivity contribution in [3.8, 4) is 5.75 Å². The van der Waals surface area contributed by atoms with E-state index in [9.17, 15) is 9.59 Å². The van der Waals surface area contributed by atoms with E-state index in [1.165, 1.54) is 0 Å². The standard InChI is InChI=1S/C19H19Cl2NO4/c1-25-17-5-3-2-4-13(17)8-9-22-18(23)12-26-19(24)10-14-6-7-15(20)11-16(14)21/h2-7,11H,8-10,12H2,1H3,(H,22,23). The molecule has 1 amide bonds. The fourth-order valence-corrected chi connectivity index (χ4v) is 2.79. The molecule has 5 nitrogen and oxygen atoms in total. The largest absolute Gasteiger partial charge is 0.496 e. The third-order valence-corrected chi connectivity index (χ3v) is 4.21. The molecule has 0 aliphatic rings. The summed E-state index contributed by atoms with van der Waals surface area (Å²) in [5.41, 5.74) is 1.59. The van der Waals surface area contributed by atoms with Gasteiger partial charge in [-0.3, -0.25) is 9.59 Å². The molecule has 0 unspecified atom stereocenters. The molecule has 2 rings (SSSR count). The molecule has 0 saturated heterocycles. The number of hydrogen-bond donors (Lipinski definition) is 1. The Bertz CT molecular complexity index is 780. The van der Waals surface area contributed by atoms with Crippen LogP contribution >= 0.6 is 23.2 Å². The number of hydrogen-bond acceptors (Lipinski definition) is 4. The van der Waals surface area contributed by atoms with Crippen LogP contribution in [0.3, 0.4) is 0 Å². The average Bonchev–Trinajstić information content (AvgIpc) is 2.63. The monoisotopic (exact) mass is 395 g/mol. The third kappa shape index (κ3) is 6.24. The summed E-state index contributed by atoms with van der Waals surface area (Å²) in [6, 6.07) is 12.4. The topological polar surface area (TPSA) is 64.6 Å². The fourth-order valence-electron chi connectivity index (χ4n) is 2.31. The number of carbonyl (C=O) groups is 2. The van der Waals surface area contributed by atoms with Crippen molar-refractivity contribution in [1.29, 1.82) is 0 Å². The minimum atomic E-state index is -0.533. The maximum Gasteiger partial charge on any atom is 0.310 e. The molecule has 2 aromatic carbocycles. The van der Waals surface area contributed by atoms with E-state index in [4.69, 9.17) is 32.7 Å². The SMILES string of the molecule is COc1ccccc1CCNC(=O)COC(=O)Cc1ccc(Cl)cc1Cl. The van der Waals surface area contributed by atoms with Gasteiger partial charge < -0.3 is 14.8 Å². The van der Waals surface area contributed by atoms with E-state index in [0.29, 0.717) is 28.6 Å². The number of methoxy groups -OCH3 is 1. The lowest BCUT2D eigenvalue weighted by Crippen LogP contribution is -2.30. The lowest BCUT2D eigenvalue weighted by atomic mass is 10.1. The molecule has 0 radical (unpaired) electrons. The predicted octanol–water partition coefficient (Wildman–Crippen LogP) is 3.45. The summed E-state index contributed by atoms with van der Waals surface area (Å²) >= 11 is 11.8. The molecule has 0 aromatic heterocycles. The van der Waals surface area contributed by atoms with Gasteiger partial charge in [-0.2, -0.15) is 0 Å². The molecule has 0 bridgehead atoms. The first-order valence-electron chi connectivity index (χ1n) is 7.97. The number of amides is 1. The van der Waals surface area contributed by atoms with Gasteiger partial charge in [0, 0.05) is 16.6 Å². The van der Waals surface area contributed by atoms with Gasteiger partial charge in [-0.1, -0.05) is 47.5 Å². The minimum Gasteiger partial charge on any atom is -0.496 e. The number of ether oxygens (including phenoxy) is 2. The Morgan fingerprint density at radius 3 is 2.58 bits per heavy atom. The molecule has 0 saturated carbocycles. The van der Waals surface area contributed by atoms with Crippen molar-refractivity contribution >= 4 is 35.1 Å². The second kappa shape index (κ2) is 10.0. The molecule has 138 valence electrons. The summed E-state index contributed by atoms with van der Waals surface area (Å²) in [6.45, 7) is 0.0791. The number of para-hydroxylation sites is 1. The number of carbonyl (C=O) groups excluding carboxylic acids is 2. The number of halogens is 2. The number of esters is 1. The van der Waals surface area contributed by atoms with Gasteiger partial charge in [-0.25, -0.2) is 0 Å². The van der Waals surface area contributed by atoms with Crippen LogP contribution in [0.2, 0.25) is 10.0 Å². The Balaban J connectivity index is 1.72. The van der Waals surface area contributed by atoms with Gasteiger partial charge in [0.25, 0.3) is 5.91 Å². The van der Waals surface area contributed by atoms with Crippen LogP contribution in [0.5, 0.6) is 5.75 Å². The molecular formula is C19H19Cl2NO4. The molecule has 26 heavy (non-hydrogen) atoms. The quantitative estimate of drug-likeness (QED) is 0.695. The number of nitrogens with one attached hydrogen (secondary N) is 1. The molecular weight excluding hydrogens is 377 g/mol. The highest BCUT2D eigenvalue weighted by Gasteiger charge is 2.11. The van der Waals surface area contributed by atoms with Crippen LogP contribution in [0, 0.1) is 0 Å². The highest BCUT2D eigenvalue weighted by molar-refractivity contribution is 6.35. The molecule has 1 N–H and O–H groups in total. The molecule has 2 aromatic rings. The molecule has 0 aliphatic heterocycles. The Labute approximate surface area is 162 Å². The smallest absolute Gasteiger partial charge is 0.310 e. The highest BCUT2D eigenvalue weighted by Crippen LogP contribution is 2.21. The van der Waals surface area contributed by atoms with Crippen LogP contribution in [0.15, 0.2) is 42.5 Å². The van der Waals surface area contributed by atoms with Crippen molar-refractivity contribution in [3.63, 3.8) is 0 Å². The van der Waals surface area contributed by atoms with Gasteiger partial charge in [0.05, 0.1) is 13.5 Å². The molecule has 0 spiro atoms. The average molecular weight is 396 g/mol. The van der Waals surface area contributed by atoms with Crippen LogP contribution in [0.25, 0.3) is 0 Å². The van der Waals surface area contributed by atoms with Crippen LogP contribution in [-0.2, 0) is 27.2 Å². The van der Waals surface area contributed by atoms with E-state index >= 15 is 0 Å². The molecule has 0 atom stereocenters. The Kier molecular flexibility index (Phi) is 7.75. The number of rotatable bonds is 8. The molecule has 0 aliphatic carbocycles. The van der Waals surface area contributed by atoms with Crippen molar-refractivity contribution in [2.45, 2.75) is 12.8 Å². The van der Waals surface area contributed by atoms with Gasteiger partial charge in [0.1, 0.15) is 5.75 Å². The van der Waals surface area contributed by atoms with Crippen molar-refractivity contribution in [2.24, 2.45) is 0 Å². The van der Waals surface area contributed by atoms with Crippen molar-refractivity contribution in [2.75, 3.05) is 20.3 Å². The summed E-state index contributed by atoms with van der Waals surface area (Å²) < 4.78 is 10.2. The lowest BCUT2D eigenvalue weighted by Gasteiger charge is -2.09. The zero-order chi connectivity index (χ0) is 18.9. The summed E-state index contributed by atoms with van der Waals surface area (Å²) in [4.78, 5) is 23.6. The first kappa shape index (κ1) is 20.1. The van der Waals surface area contributed by atoms with E-state index in [2.05, 4.69) is 5.32 Å². The second-order valence-electron chi connectivity index (χ2n) is 5.48. The van der Waals surface area contributed by atoms with Crippen LogP contribution in [0.1, 0.15) is 11.1 Å². The Morgan fingerprint density at radius 1 is 1.08 bits per heavy atom. The second-order valence-corrected chi connectivity index (χ2v) is 6.33. The summed E-state index contributed by atoms with van der Waals surface area (Å²) in [7, 11) is 1.60. The first-order valence-corrected chi connectivity index (χ1v) is 8.73. The van der Waals surface area contributed by atoms with Gasteiger partial charge in [-0.05, 0) is 35.7 Å². The van der Waals surface area contributed by atoms with E-state index in [1.54, 1.807) is 25.3 Å². The van der Waals surface area contributed by atoms with Crippen molar-refractivity contribution in [3.05, 3.63) is 63.6 Å². The van der Waals surface area contributed by atoms with Crippen LogP contribution < -0.4 is 10.1 Å². The first-order chi connectivity index (χ1) is 12.5. The van der Waals surface area contributed by atoms with Gasteiger partial charge >= 0.3 is 5.97 Å². The summed E-state index contributed by atoms with van der Waals surface area (Å²) in [5.74, 6) is -0.127. The zero-order valence-electron chi connectivity index (χ0n) is 14.3. The van der Waals surface area contributed by atoms with E-state index in [1.807, 2.05) is 24.3 Å². The van der Waals surface area contributed by atoms with E-state index in [-0.39, 0.29) is 18.9 Å². The van der Waals surface area contributed by atoms with Gasteiger partial charge in [-0.15, -0.1) is 0 Å². The highest BCUT2D eigenvalue weighted by atomic mass is 35.5. The van der Waals surface area contributed by atoms with Crippen LogP contribution in [-0.4, -0.2) is 32.1 Å². The maximum absolute atomic E-state index is 11.8. The minimum absolute atomic E-state index is 0.0233. The maximum atomic E-state index is 11.8. The van der Waals surface area contributed by atoms with E-state index < -0.39 is 5.97 Å². The van der Waals surface area contributed by atoms with Crippen molar-refractivity contribution < 1.29 is 19.1 Å². The fraction of sp³-hybridized carbons (Fsp3) is 0.263. The molecule has 0 heterocycles.